The minimum atomic E-state index is 0.0356. The lowest BCUT2D eigenvalue weighted by Gasteiger charge is -2.35. The average Bonchev–Trinajstić information content (AvgIpc) is 3.38. The molecule has 1 aromatic carbocycles. The maximum absolute atomic E-state index is 13.0. The van der Waals surface area contributed by atoms with Crippen molar-refractivity contribution in [1.29, 1.82) is 0 Å². The summed E-state index contributed by atoms with van der Waals surface area (Å²) in [6.07, 6.45) is 5.18. The summed E-state index contributed by atoms with van der Waals surface area (Å²) in [6, 6.07) is 8.85. The van der Waals surface area contributed by atoms with Gasteiger partial charge in [-0.15, -0.1) is 0 Å². The molecular formula is C21H31N3O3. The summed E-state index contributed by atoms with van der Waals surface area (Å²) in [7, 11) is 1.71. The van der Waals surface area contributed by atoms with Crippen LogP contribution in [0.15, 0.2) is 24.3 Å². The first-order valence-electron chi connectivity index (χ1n) is 10.3. The fourth-order valence-electron chi connectivity index (χ4n) is 4.81. The molecule has 1 aromatic rings. The van der Waals surface area contributed by atoms with Crippen molar-refractivity contribution in [3.05, 3.63) is 24.3 Å². The first kappa shape index (κ1) is 18.6. The Morgan fingerprint density at radius 1 is 1.15 bits per heavy atom. The highest BCUT2D eigenvalue weighted by atomic mass is 16.5. The largest absolute Gasteiger partial charge is 0.495 e. The Kier molecular flexibility index (Phi) is 5.83. The number of carbonyl (C=O) groups is 1. The third-order valence-electron chi connectivity index (χ3n) is 6.22. The standard InChI is InChI=1S/C21H31N3O3/c1-26-20-7-3-2-5-18(20)23-12-8-16(15-23)22-21(25)19-6-4-11-24(19)17-9-13-27-14-10-17/h2-3,5,7,16-17,19H,4,6,8-15H2,1H3,(H,22,25). The maximum atomic E-state index is 13.0. The molecule has 0 aromatic heterocycles. The lowest BCUT2D eigenvalue weighted by atomic mass is 10.1. The van der Waals surface area contributed by atoms with Gasteiger partial charge < -0.3 is 19.7 Å². The van der Waals surface area contributed by atoms with Crippen molar-refractivity contribution in [3.8, 4) is 5.75 Å². The van der Waals surface area contributed by atoms with Gasteiger partial charge in [0.15, 0.2) is 0 Å². The summed E-state index contributed by atoms with van der Waals surface area (Å²) >= 11 is 0. The molecule has 2 atom stereocenters. The van der Waals surface area contributed by atoms with E-state index in [2.05, 4.69) is 21.2 Å². The van der Waals surface area contributed by atoms with E-state index < -0.39 is 0 Å². The van der Waals surface area contributed by atoms with Crippen LogP contribution in [0.4, 0.5) is 5.69 Å². The summed E-state index contributed by atoms with van der Waals surface area (Å²) in [6.45, 7) is 4.48. The van der Waals surface area contributed by atoms with Crippen LogP contribution in [0.25, 0.3) is 0 Å². The molecule has 2 unspecified atom stereocenters. The van der Waals surface area contributed by atoms with Crippen LogP contribution < -0.4 is 15.0 Å². The minimum absolute atomic E-state index is 0.0356. The molecule has 3 saturated heterocycles. The van der Waals surface area contributed by atoms with Crippen LogP contribution >= 0.6 is 0 Å². The predicted octanol–water partition coefficient (Wildman–Crippen LogP) is 2.03. The molecule has 3 fully saturated rings. The monoisotopic (exact) mass is 373 g/mol. The molecule has 27 heavy (non-hydrogen) atoms. The van der Waals surface area contributed by atoms with Gasteiger partial charge in [0.25, 0.3) is 0 Å². The highest BCUT2D eigenvalue weighted by Crippen LogP contribution is 2.31. The molecule has 0 bridgehead atoms. The van der Waals surface area contributed by atoms with E-state index in [1.807, 2.05) is 18.2 Å². The van der Waals surface area contributed by atoms with E-state index >= 15 is 0 Å². The fourth-order valence-corrected chi connectivity index (χ4v) is 4.81. The number of anilines is 1. The van der Waals surface area contributed by atoms with Gasteiger partial charge in [-0.3, -0.25) is 9.69 Å². The van der Waals surface area contributed by atoms with E-state index in [1.165, 1.54) is 0 Å². The van der Waals surface area contributed by atoms with Crippen LogP contribution in [0.5, 0.6) is 5.75 Å². The summed E-state index contributed by atoms with van der Waals surface area (Å²) in [5.74, 6) is 1.11. The number of amides is 1. The number of hydrogen-bond donors (Lipinski definition) is 1. The molecule has 4 rings (SSSR count). The first-order valence-corrected chi connectivity index (χ1v) is 10.3. The molecule has 0 radical (unpaired) electrons. The maximum Gasteiger partial charge on any atom is 0.237 e. The molecule has 1 N–H and O–H groups in total. The molecule has 3 aliphatic rings. The zero-order chi connectivity index (χ0) is 18.6. The van der Waals surface area contributed by atoms with Gasteiger partial charge in [-0.25, -0.2) is 0 Å². The number of benzene rings is 1. The number of likely N-dealkylation sites (tertiary alicyclic amines) is 1. The highest BCUT2D eigenvalue weighted by molar-refractivity contribution is 5.82. The minimum Gasteiger partial charge on any atom is -0.495 e. The zero-order valence-corrected chi connectivity index (χ0v) is 16.2. The lowest BCUT2D eigenvalue weighted by molar-refractivity contribution is -0.127. The predicted molar refractivity (Wildman–Crippen MR) is 105 cm³/mol. The first-order chi connectivity index (χ1) is 13.3. The number of hydrogen-bond acceptors (Lipinski definition) is 5. The second-order valence-corrected chi connectivity index (χ2v) is 7.85. The number of rotatable bonds is 5. The molecule has 3 heterocycles. The molecule has 6 nitrogen and oxygen atoms in total. The molecule has 1 amide bonds. The summed E-state index contributed by atoms with van der Waals surface area (Å²) in [4.78, 5) is 17.7. The topological polar surface area (TPSA) is 54.0 Å². The number of ether oxygens (including phenoxy) is 2. The van der Waals surface area contributed by atoms with Gasteiger partial charge in [-0.1, -0.05) is 12.1 Å². The van der Waals surface area contributed by atoms with E-state index in [4.69, 9.17) is 9.47 Å². The average molecular weight is 373 g/mol. The second kappa shape index (κ2) is 8.48. The smallest absolute Gasteiger partial charge is 0.237 e. The molecule has 6 heteroatoms. The van der Waals surface area contributed by atoms with Crippen molar-refractivity contribution in [2.24, 2.45) is 0 Å². The van der Waals surface area contributed by atoms with Gasteiger partial charge in [-0.05, 0) is 50.8 Å². The molecule has 0 saturated carbocycles. The van der Waals surface area contributed by atoms with E-state index in [1.54, 1.807) is 7.11 Å². The van der Waals surface area contributed by atoms with Gasteiger partial charge in [-0.2, -0.15) is 0 Å². The van der Waals surface area contributed by atoms with Crippen LogP contribution in [0, 0.1) is 0 Å². The number of carbonyl (C=O) groups excluding carboxylic acids is 1. The van der Waals surface area contributed by atoms with Gasteiger partial charge >= 0.3 is 0 Å². The molecule has 148 valence electrons. The molecular weight excluding hydrogens is 342 g/mol. The van der Waals surface area contributed by atoms with E-state index in [0.29, 0.717) is 6.04 Å². The van der Waals surface area contributed by atoms with Crippen molar-refractivity contribution < 1.29 is 14.3 Å². The summed E-state index contributed by atoms with van der Waals surface area (Å²) in [5.41, 5.74) is 1.11. The Hall–Kier alpha value is -1.79. The number of nitrogens with one attached hydrogen (secondary N) is 1. The number of methoxy groups -OCH3 is 1. The number of nitrogens with zero attached hydrogens (tertiary/aromatic N) is 2. The highest BCUT2D eigenvalue weighted by Gasteiger charge is 2.37. The molecule has 3 aliphatic heterocycles. The Morgan fingerprint density at radius 2 is 1.96 bits per heavy atom. The van der Waals surface area contributed by atoms with E-state index in [-0.39, 0.29) is 18.0 Å². The van der Waals surface area contributed by atoms with Crippen LogP contribution in [0.2, 0.25) is 0 Å². The Morgan fingerprint density at radius 3 is 2.78 bits per heavy atom. The third-order valence-corrected chi connectivity index (χ3v) is 6.22. The van der Waals surface area contributed by atoms with Gasteiger partial charge in [0, 0.05) is 38.4 Å². The van der Waals surface area contributed by atoms with Crippen molar-refractivity contribution in [1.82, 2.24) is 10.2 Å². The second-order valence-electron chi connectivity index (χ2n) is 7.85. The SMILES string of the molecule is COc1ccccc1N1CCC(NC(=O)C2CCCN2C2CCOCC2)C1. The van der Waals surface area contributed by atoms with Crippen molar-refractivity contribution in [2.75, 3.05) is 44.9 Å². The summed E-state index contributed by atoms with van der Waals surface area (Å²) < 4.78 is 11.0. The summed E-state index contributed by atoms with van der Waals surface area (Å²) in [5, 5.41) is 3.33. The Bertz CT molecular complexity index is 647. The van der Waals surface area contributed by atoms with Gasteiger partial charge in [0.2, 0.25) is 5.91 Å². The molecule has 0 aliphatic carbocycles. The quantitative estimate of drug-likeness (QED) is 0.856. The van der Waals surface area contributed by atoms with Gasteiger partial charge in [0.1, 0.15) is 5.75 Å². The van der Waals surface area contributed by atoms with Gasteiger partial charge in [0.05, 0.1) is 18.8 Å². The third kappa shape index (κ3) is 4.06. The van der Waals surface area contributed by atoms with Crippen LogP contribution in [-0.2, 0) is 9.53 Å². The van der Waals surface area contributed by atoms with Crippen molar-refractivity contribution in [2.45, 2.75) is 50.2 Å². The van der Waals surface area contributed by atoms with Crippen LogP contribution in [0.1, 0.15) is 32.1 Å². The lowest BCUT2D eigenvalue weighted by Crippen LogP contribution is -2.51. The molecule has 0 spiro atoms. The number of para-hydroxylation sites is 2. The van der Waals surface area contributed by atoms with Crippen LogP contribution in [-0.4, -0.2) is 68.9 Å². The van der Waals surface area contributed by atoms with Crippen molar-refractivity contribution in [3.63, 3.8) is 0 Å². The fraction of sp³-hybridized carbons (Fsp3) is 0.667. The van der Waals surface area contributed by atoms with Crippen LogP contribution in [0.3, 0.4) is 0 Å². The zero-order valence-electron chi connectivity index (χ0n) is 16.2. The Labute approximate surface area is 161 Å². The van der Waals surface area contributed by atoms with E-state index in [0.717, 1.165) is 76.4 Å². The van der Waals surface area contributed by atoms with Crippen molar-refractivity contribution >= 4 is 11.6 Å². The Balaban J connectivity index is 1.34. The normalized spacial score (nSPS) is 27.1. The van der Waals surface area contributed by atoms with E-state index in [9.17, 15) is 4.79 Å².